The van der Waals surface area contributed by atoms with Gasteiger partial charge in [-0.25, -0.2) is 8.42 Å². The van der Waals surface area contributed by atoms with Crippen LogP contribution >= 0.6 is 0 Å². The van der Waals surface area contributed by atoms with E-state index in [0.717, 1.165) is 6.42 Å². The van der Waals surface area contributed by atoms with Gasteiger partial charge in [-0.15, -0.1) is 0 Å². The lowest BCUT2D eigenvalue weighted by Crippen LogP contribution is -2.50. The molecule has 1 aliphatic heterocycles. The molecule has 22 heavy (non-hydrogen) atoms. The first-order chi connectivity index (χ1) is 10.5. The van der Waals surface area contributed by atoms with Gasteiger partial charge >= 0.3 is 0 Å². The average Bonchev–Trinajstić information content (AvgIpc) is 2.55. The maximum Gasteiger partial charge on any atom is 0.246 e. The maximum absolute atomic E-state index is 12.7. The van der Waals surface area contributed by atoms with Crippen molar-refractivity contribution in [2.75, 3.05) is 33.3 Å². The molecule has 0 radical (unpaired) electrons. The van der Waals surface area contributed by atoms with Crippen molar-refractivity contribution in [1.82, 2.24) is 9.21 Å². The minimum absolute atomic E-state index is 0.0943. The standard InChI is InChI=1S/C15H22N2O4S/c1-3-6-15(18)16-9-11-17(12-10-16)22(19,20)14-8-5-4-7-13(14)21-2/h4-5,7-8H,3,6,9-12H2,1-2H3. The quantitative estimate of drug-likeness (QED) is 0.819. The van der Waals surface area contributed by atoms with Gasteiger partial charge in [0.15, 0.2) is 0 Å². The number of sulfonamides is 1. The van der Waals surface area contributed by atoms with Gasteiger partial charge in [-0.05, 0) is 18.6 Å². The molecule has 1 aromatic rings. The van der Waals surface area contributed by atoms with Crippen LogP contribution in [0.3, 0.4) is 0 Å². The first-order valence-electron chi connectivity index (χ1n) is 7.41. The molecule has 1 amide bonds. The highest BCUT2D eigenvalue weighted by atomic mass is 32.2. The van der Waals surface area contributed by atoms with E-state index in [1.807, 2.05) is 6.92 Å². The summed E-state index contributed by atoms with van der Waals surface area (Å²) in [5, 5.41) is 0. The molecule has 1 saturated heterocycles. The lowest BCUT2D eigenvalue weighted by Gasteiger charge is -2.34. The fourth-order valence-corrected chi connectivity index (χ4v) is 4.10. The van der Waals surface area contributed by atoms with Crippen molar-refractivity contribution in [3.05, 3.63) is 24.3 Å². The highest BCUT2D eigenvalue weighted by Crippen LogP contribution is 2.26. The number of para-hydroxylation sites is 1. The topological polar surface area (TPSA) is 66.9 Å². The van der Waals surface area contributed by atoms with Crippen LogP contribution in [0.5, 0.6) is 5.75 Å². The van der Waals surface area contributed by atoms with Gasteiger partial charge < -0.3 is 9.64 Å². The van der Waals surface area contributed by atoms with Crippen molar-refractivity contribution < 1.29 is 17.9 Å². The largest absolute Gasteiger partial charge is 0.495 e. The zero-order valence-corrected chi connectivity index (χ0v) is 13.8. The molecule has 0 aliphatic carbocycles. The smallest absolute Gasteiger partial charge is 0.246 e. The van der Waals surface area contributed by atoms with E-state index in [1.165, 1.54) is 11.4 Å². The zero-order chi connectivity index (χ0) is 16.2. The summed E-state index contributed by atoms with van der Waals surface area (Å²) in [6.45, 7) is 3.46. The number of nitrogens with zero attached hydrogens (tertiary/aromatic N) is 2. The van der Waals surface area contributed by atoms with Crippen LogP contribution in [0.2, 0.25) is 0 Å². The van der Waals surface area contributed by atoms with E-state index in [0.29, 0.717) is 38.3 Å². The summed E-state index contributed by atoms with van der Waals surface area (Å²) in [6, 6.07) is 6.59. The van der Waals surface area contributed by atoms with Crippen molar-refractivity contribution in [3.8, 4) is 5.75 Å². The van der Waals surface area contributed by atoms with Gasteiger partial charge in [-0.3, -0.25) is 4.79 Å². The Morgan fingerprint density at radius 1 is 1.18 bits per heavy atom. The predicted molar refractivity (Wildman–Crippen MR) is 83.2 cm³/mol. The third kappa shape index (κ3) is 3.41. The first-order valence-corrected chi connectivity index (χ1v) is 8.85. The minimum Gasteiger partial charge on any atom is -0.495 e. The Labute approximate surface area is 131 Å². The summed E-state index contributed by atoms with van der Waals surface area (Å²) in [5.74, 6) is 0.434. The first kappa shape index (κ1) is 16.8. The Morgan fingerprint density at radius 2 is 1.82 bits per heavy atom. The van der Waals surface area contributed by atoms with Crippen molar-refractivity contribution in [3.63, 3.8) is 0 Å². The molecule has 0 spiro atoms. The summed E-state index contributed by atoms with van der Waals surface area (Å²) >= 11 is 0. The molecule has 0 N–H and O–H groups in total. The molecule has 0 bridgehead atoms. The van der Waals surface area contributed by atoms with Crippen LogP contribution in [0, 0.1) is 0 Å². The molecule has 6 nitrogen and oxygen atoms in total. The molecule has 0 atom stereocenters. The molecule has 0 unspecified atom stereocenters. The van der Waals surface area contributed by atoms with E-state index in [9.17, 15) is 13.2 Å². The molecule has 2 rings (SSSR count). The molecular formula is C15H22N2O4S. The number of ether oxygens (including phenoxy) is 1. The van der Waals surface area contributed by atoms with Crippen LogP contribution in [-0.2, 0) is 14.8 Å². The molecule has 0 saturated carbocycles. The Hall–Kier alpha value is -1.60. The van der Waals surface area contributed by atoms with Gasteiger partial charge in [0, 0.05) is 32.6 Å². The summed E-state index contributed by atoms with van der Waals surface area (Å²) in [7, 11) is -2.14. The Kier molecular flexibility index (Phi) is 5.42. The average molecular weight is 326 g/mol. The van der Waals surface area contributed by atoms with Crippen LogP contribution in [0.1, 0.15) is 19.8 Å². The van der Waals surface area contributed by atoms with Gasteiger partial charge in [-0.1, -0.05) is 19.1 Å². The molecular weight excluding hydrogens is 304 g/mol. The van der Waals surface area contributed by atoms with E-state index < -0.39 is 10.0 Å². The summed E-state index contributed by atoms with van der Waals surface area (Å²) in [4.78, 5) is 13.8. The van der Waals surface area contributed by atoms with Crippen LogP contribution in [0.25, 0.3) is 0 Å². The number of carbonyl (C=O) groups is 1. The normalized spacial score (nSPS) is 16.5. The predicted octanol–water partition coefficient (Wildman–Crippen LogP) is 1.33. The Balaban J connectivity index is 2.11. The second kappa shape index (κ2) is 7.11. The highest BCUT2D eigenvalue weighted by molar-refractivity contribution is 7.89. The van der Waals surface area contributed by atoms with Gasteiger partial charge in [0.25, 0.3) is 0 Å². The van der Waals surface area contributed by atoms with Crippen LogP contribution in [0.15, 0.2) is 29.2 Å². The van der Waals surface area contributed by atoms with Gasteiger partial charge in [0.2, 0.25) is 15.9 Å². The summed E-state index contributed by atoms with van der Waals surface area (Å²) in [5.41, 5.74) is 0. The van der Waals surface area contributed by atoms with Crippen molar-refractivity contribution in [1.29, 1.82) is 0 Å². The van der Waals surface area contributed by atoms with Crippen molar-refractivity contribution in [2.45, 2.75) is 24.7 Å². The zero-order valence-electron chi connectivity index (χ0n) is 13.0. The summed E-state index contributed by atoms with van der Waals surface area (Å²) in [6.07, 6.45) is 1.32. The van der Waals surface area contributed by atoms with Crippen molar-refractivity contribution in [2.24, 2.45) is 0 Å². The van der Waals surface area contributed by atoms with Gasteiger partial charge in [0.05, 0.1) is 7.11 Å². The molecule has 1 aliphatic rings. The number of carbonyl (C=O) groups excluding carboxylic acids is 1. The van der Waals surface area contributed by atoms with Crippen molar-refractivity contribution >= 4 is 15.9 Å². The number of methoxy groups -OCH3 is 1. The number of hydrogen-bond donors (Lipinski definition) is 0. The van der Waals surface area contributed by atoms with Gasteiger partial charge in [0.1, 0.15) is 10.6 Å². The van der Waals surface area contributed by atoms with E-state index >= 15 is 0 Å². The monoisotopic (exact) mass is 326 g/mol. The molecule has 1 fully saturated rings. The molecule has 1 aromatic carbocycles. The number of amides is 1. The summed E-state index contributed by atoms with van der Waals surface area (Å²) < 4.78 is 32.0. The third-order valence-electron chi connectivity index (χ3n) is 3.74. The number of hydrogen-bond acceptors (Lipinski definition) is 4. The lowest BCUT2D eigenvalue weighted by molar-refractivity contribution is -0.132. The van der Waals surface area contributed by atoms with E-state index in [-0.39, 0.29) is 10.8 Å². The second-order valence-electron chi connectivity index (χ2n) is 5.19. The van der Waals surface area contributed by atoms with Crippen LogP contribution in [0.4, 0.5) is 0 Å². The van der Waals surface area contributed by atoms with E-state index in [1.54, 1.807) is 29.2 Å². The second-order valence-corrected chi connectivity index (χ2v) is 7.09. The highest BCUT2D eigenvalue weighted by Gasteiger charge is 2.31. The molecule has 122 valence electrons. The Bertz CT molecular complexity index is 622. The fourth-order valence-electron chi connectivity index (χ4n) is 2.52. The third-order valence-corrected chi connectivity index (χ3v) is 5.68. The van der Waals surface area contributed by atoms with E-state index in [4.69, 9.17) is 4.74 Å². The number of piperazine rings is 1. The number of benzene rings is 1. The van der Waals surface area contributed by atoms with Crippen LogP contribution < -0.4 is 4.74 Å². The molecule has 7 heteroatoms. The molecule has 0 aromatic heterocycles. The van der Waals surface area contributed by atoms with Gasteiger partial charge in [-0.2, -0.15) is 4.31 Å². The lowest BCUT2D eigenvalue weighted by atomic mass is 10.2. The minimum atomic E-state index is -3.60. The maximum atomic E-state index is 12.7. The SMILES string of the molecule is CCCC(=O)N1CCN(S(=O)(=O)c2ccccc2OC)CC1. The van der Waals surface area contributed by atoms with Crippen LogP contribution in [-0.4, -0.2) is 56.8 Å². The Morgan fingerprint density at radius 3 is 2.41 bits per heavy atom. The fraction of sp³-hybridized carbons (Fsp3) is 0.533. The molecule has 1 heterocycles. The number of rotatable bonds is 5. The van der Waals surface area contributed by atoms with E-state index in [2.05, 4.69) is 0 Å².